The van der Waals surface area contributed by atoms with Gasteiger partial charge in [-0.1, -0.05) is 30.3 Å². The maximum atomic E-state index is 11.2. The van der Waals surface area contributed by atoms with Crippen LogP contribution in [0, 0.1) is 5.92 Å². The summed E-state index contributed by atoms with van der Waals surface area (Å²) in [5, 5.41) is 18.8. The van der Waals surface area contributed by atoms with E-state index < -0.39 is 5.97 Å². The Morgan fingerprint density at radius 2 is 1.88 bits per heavy atom. The first-order valence-electron chi connectivity index (χ1n) is 5.64. The summed E-state index contributed by atoms with van der Waals surface area (Å²) < 4.78 is 0. The van der Waals surface area contributed by atoms with Gasteiger partial charge in [0.15, 0.2) is 0 Å². The lowest BCUT2D eigenvalue weighted by atomic mass is 9.74. The molecule has 3 nitrogen and oxygen atoms in total. The summed E-state index contributed by atoms with van der Waals surface area (Å²) in [4.78, 5) is 11.2. The molecule has 1 saturated carbocycles. The molecule has 0 aromatic heterocycles. The lowest BCUT2D eigenvalue weighted by Crippen LogP contribution is -2.31. The van der Waals surface area contributed by atoms with Crippen molar-refractivity contribution in [2.75, 3.05) is 0 Å². The number of aliphatic hydroxyl groups excluding tert-OH is 1. The van der Waals surface area contributed by atoms with E-state index in [1.165, 1.54) is 0 Å². The molecule has 0 heterocycles. The molecule has 1 aromatic rings. The molecule has 0 amide bonds. The third kappa shape index (κ3) is 2.25. The van der Waals surface area contributed by atoms with Crippen LogP contribution in [0.4, 0.5) is 0 Å². The van der Waals surface area contributed by atoms with E-state index in [0.717, 1.165) is 5.56 Å². The van der Waals surface area contributed by atoms with Crippen molar-refractivity contribution >= 4 is 5.97 Å². The predicted molar refractivity (Wildman–Crippen MR) is 60.2 cm³/mol. The lowest BCUT2D eigenvalue weighted by Gasteiger charge is -2.31. The van der Waals surface area contributed by atoms with E-state index in [-0.39, 0.29) is 17.9 Å². The number of aliphatic hydroxyl groups is 1. The standard InChI is InChI=1S/C13H16O3/c14-10-6-7-11(13(15)16)12(8-10)9-4-2-1-3-5-9/h1-5,10-12,14H,6-8H2,(H,15,16). The van der Waals surface area contributed by atoms with Crippen molar-refractivity contribution in [1.29, 1.82) is 0 Å². The van der Waals surface area contributed by atoms with E-state index in [1.807, 2.05) is 30.3 Å². The van der Waals surface area contributed by atoms with Gasteiger partial charge in [-0.05, 0) is 30.7 Å². The van der Waals surface area contributed by atoms with Gasteiger partial charge in [-0.3, -0.25) is 4.79 Å². The van der Waals surface area contributed by atoms with Gasteiger partial charge in [0.05, 0.1) is 12.0 Å². The minimum Gasteiger partial charge on any atom is -0.481 e. The number of carbonyl (C=O) groups is 1. The second kappa shape index (κ2) is 4.66. The molecule has 1 aliphatic rings. The first-order chi connectivity index (χ1) is 7.68. The van der Waals surface area contributed by atoms with Gasteiger partial charge in [-0.15, -0.1) is 0 Å². The van der Waals surface area contributed by atoms with Crippen LogP contribution >= 0.6 is 0 Å². The summed E-state index contributed by atoms with van der Waals surface area (Å²) in [6.07, 6.45) is 1.36. The predicted octanol–water partition coefficient (Wildman–Crippen LogP) is 2.02. The zero-order chi connectivity index (χ0) is 11.5. The zero-order valence-corrected chi connectivity index (χ0v) is 9.04. The maximum Gasteiger partial charge on any atom is 0.307 e. The minimum absolute atomic E-state index is 0.0533. The number of carboxylic acids is 1. The fourth-order valence-electron chi connectivity index (χ4n) is 2.51. The molecule has 0 saturated heterocycles. The van der Waals surface area contributed by atoms with Crippen LogP contribution < -0.4 is 0 Å². The number of benzene rings is 1. The largest absolute Gasteiger partial charge is 0.481 e. The van der Waals surface area contributed by atoms with Crippen molar-refractivity contribution in [3.05, 3.63) is 35.9 Å². The summed E-state index contributed by atoms with van der Waals surface area (Å²) in [5.41, 5.74) is 1.02. The van der Waals surface area contributed by atoms with Crippen LogP contribution in [0.15, 0.2) is 30.3 Å². The molecule has 0 spiro atoms. The Kier molecular flexibility index (Phi) is 3.25. The number of hydrogen-bond donors (Lipinski definition) is 2. The van der Waals surface area contributed by atoms with Crippen molar-refractivity contribution in [3.63, 3.8) is 0 Å². The van der Waals surface area contributed by atoms with Gasteiger partial charge in [0.25, 0.3) is 0 Å². The summed E-state index contributed by atoms with van der Waals surface area (Å²) in [5.74, 6) is -1.16. The molecule has 0 aliphatic heterocycles. The van der Waals surface area contributed by atoms with Gasteiger partial charge in [0.1, 0.15) is 0 Å². The number of rotatable bonds is 2. The van der Waals surface area contributed by atoms with E-state index in [4.69, 9.17) is 0 Å². The molecular formula is C13H16O3. The lowest BCUT2D eigenvalue weighted by molar-refractivity contribution is -0.144. The quantitative estimate of drug-likeness (QED) is 0.801. The molecule has 3 unspecified atom stereocenters. The van der Waals surface area contributed by atoms with Crippen LogP contribution in [0.1, 0.15) is 30.7 Å². The van der Waals surface area contributed by atoms with Gasteiger partial charge in [0, 0.05) is 0 Å². The summed E-state index contributed by atoms with van der Waals surface area (Å²) >= 11 is 0. The zero-order valence-electron chi connectivity index (χ0n) is 9.04. The highest BCUT2D eigenvalue weighted by molar-refractivity contribution is 5.71. The minimum atomic E-state index is -0.749. The van der Waals surface area contributed by atoms with Crippen molar-refractivity contribution in [2.45, 2.75) is 31.3 Å². The maximum absolute atomic E-state index is 11.2. The molecule has 16 heavy (non-hydrogen) atoms. The Balaban J connectivity index is 2.24. The third-order valence-electron chi connectivity index (χ3n) is 3.37. The average Bonchev–Trinajstić information content (AvgIpc) is 2.29. The first kappa shape index (κ1) is 11.1. The van der Waals surface area contributed by atoms with Crippen LogP contribution in [0.25, 0.3) is 0 Å². The number of aliphatic carboxylic acids is 1. The highest BCUT2D eigenvalue weighted by atomic mass is 16.4. The monoisotopic (exact) mass is 220 g/mol. The van der Waals surface area contributed by atoms with Crippen LogP contribution in [-0.4, -0.2) is 22.3 Å². The van der Waals surface area contributed by atoms with Crippen molar-refractivity contribution in [2.24, 2.45) is 5.92 Å². The highest BCUT2D eigenvalue weighted by Gasteiger charge is 2.35. The number of hydrogen-bond acceptors (Lipinski definition) is 2. The molecule has 1 aliphatic carbocycles. The van der Waals surface area contributed by atoms with Gasteiger partial charge in [0.2, 0.25) is 0 Å². The molecule has 3 atom stereocenters. The molecule has 86 valence electrons. The molecular weight excluding hydrogens is 204 g/mol. The summed E-state index contributed by atoms with van der Waals surface area (Å²) in [7, 11) is 0. The van der Waals surface area contributed by atoms with E-state index in [1.54, 1.807) is 0 Å². The van der Waals surface area contributed by atoms with Crippen LogP contribution in [0.5, 0.6) is 0 Å². The fourth-order valence-corrected chi connectivity index (χ4v) is 2.51. The first-order valence-corrected chi connectivity index (χ1v) is 5.64. The molecule has 0 radical (unpaired) electrons. The van der Waals surface area contributed by atoms with Crippen LogP contribution in [-0.2, 0) is 4.79 Å². The Labute approximate surface area is 94.7 Å². The molecule has 0 bridgehead atoms. The van der Waals surface area contributed by atoms with E-state index in [2.05, 4.69) is 0 Å². The van der Waals surface area contributed by atoms with Crippen LogP contribution in [0.2, 0.25) is 0 Å². The molecule has 3 heteroatoms. The Hall–Kier alpha value is -1.35. The topological polar surface area (TPSA) is 57.5 Å². The van der Waals surface area contributed by atoms with Gasteiger partial charge in [-0.25, -0.2) is 0 Å². The van der Waals surface area contributed by atoms with E-state index >= 15 is 0 Å². The average molecular weight is 220 g/mol. The molecule has 1 fully saturated rings. The van der Waals surface area contributed by atoms with Crippen molar-refractivity contribution in [3.8, 4) is 0 Å². The molecule has 2 rings (SSSR count). The van der Waals surface area contributed by atoms with E-state index in [0.29, 0.717) is 19.3 Å². The highest BCUT2D eigenvalue weighted by Crippen LogP contribution is 2.37. The van der Waals surface area contributed by atoms with Crippen LogP contribution in [0.3, 0.4) is 0 Å². The second-order valence-electron chi connectivity index (χ2n) is 4.43. The second-order valence-corrected chi connectivity index (χ2v) is 4.43. The van der Waals surface area contributed by atoms with Gasteiger partial charge in [-0.2, -0.15) is 0 Å². The Bertz CT molecular complexity index is 361. The smallest absolute Gasteiger partial charge is 0.307 e. The summed E-state index contributed by atoms with van der Waals surface area (Å²) in [6.45, 7) is 0. The SMILES string of the molecule is O=C(O)C1CCC(O)CC1c1ccccc1. The fraction of sp³-hybridized carbons (Fsp3) is 0.462. The van der Waals surface area contributed by atoms with Gasteiger partial charge < -0.3 is 10.2 Å². The normalized spacial score (nSPS) is 29.9. The van der Waals surface area contributed by atoms with E-state index in [9.17, 15) is 15.0 Å². The van der Waals surface area contributed by atoms with Crippen molar-refractivity contribution < 1.29 is 15.0 Å². The summed E-state index contributed by atoms with van der Waals surface area (Å²) in [6, 6.07) is 9.63. The van der Waals surface area contributed by atoms with Gasteiger partial charge >= 0.3 is 5.97 Å². The third-order valence-corrected chi connectivity index (χ3v) is 3.37. The number of carboxylic acid groups (broad SMARTS) is 1. The Morgan fingerprint density at radius 1 is 1.19 bits per heavy atom. The Morgan fingerprint density at radius 3 is 2.50 bits per heavy atom. The molecule has 1 aromatic carbocycles. The molecule has 2 N–H and O–H groups in total. The van der Waals surface area contributed by atoms with Crippen molar-refractivity contribution in [1.82, 2.24) is 0 Å².